The smallest absolute Gasteiger partial charge is 0.290 e. The molecule has 0 radical (unpaired) electrons. The number of pyridine rings is 1. The average Bonchev–Trinajstić information content (AvgIpc) is 2.12. The van der Waals surface area contributed by atoms with Crippen LogP contribution in [0.25, 0.3) is 0 Å². The van der Waals surface area contributed by atoms with Crippen molar-refractivity contribution in [1.82, 2.24) is 4.98 Å². The van der Waals surface area contributed by atoms with Gasteiger partial charge < -0.3 is 4.74 Å². The number of nitrogens with zero attached hydrogens (tertiary/aromatic N) is 2. The van der Waals surface area contributed by atoms with Crippen LogP contribution >= 0.6 is 0 Å². The summed E-state index contributed by atoms with van der Waals surface area (Å²) in [6.07, 6.45) is 3.85. The molecule has 0 spiro atoms. The lowest BCUT2D eigenvalue weighted by Crippen LogP contribution is -2.25. The van der Waals surface area contributed by atoms with E-state index in [0.29, 0.717) is 0 Å². The van der Waals surface area contributed by atoms with Crippen molar-refractivity contribution in [3.63, 3.8) is 0 Å². The van der Waals surface area contributed by atoms with Gasteiger partial charge in [0.25, 0.3) is 11.6 Å². The topological polar surface area (TPSA) is 65.3 Å². The molecule has 1 heterocycles. The zero-order valence-corrected chi connectivity index (χ0v) is 7.85. The molecule has 0 N–H and O–H groups in total. The van der Waals surface area contributed by atoms with E-state index in [0.717, 1.165) is 31.5 Å². The fraction of sp³-hybridized carbons (Fsp3) is 0.444. The van der Waals surface area contributed by atoms with E-state index in [1.54, 1.807) is 0 Å². The van der Waals surface area contributed by atoms with Gasteiger partial charge in [-0.05, 0) is 19.3 Å². The predicted octanol–water partition coefficient (Wildman–Crippen LogP) is 2.06. The molecule has 6 heteroatoms. The number of nitro groups is 1. The molecule has 0 saturated heterocycles. The van der Waals surface area contributed by atoms with Crippen LogP contribution < -0.4 is 4.74 Å². The van der Waals surface area contributed by atoms with E-state index in [-0.39, 0.29) is 17.7 Å². The second-order valence-electron chi connectivity index (χ2n) is 3.41. The summed E-state index contributed by atoms with van der Waals surface area (Å²) >= 11 is 0. The van der Waals surface area contributed by atoms with Gasteiger partial charge in [0.1, 0.15) is 12.3 Å². The Hall–Kier alpha value is -1.72. The molecular weight excluding hydrogens is 203 g/mol. The molecular formula is C9H9FN2O3. The molecule has 0 atom stereocenters. The van der Waals surface area contributed by atoms with Gasteiger partial charge >= 0.3 is 0 Å². The highest BCUT2D eigenvalue weighted by Crippen LogP contribution is 2.26. The minimum absolute atomic E-state index is 0.00783. The van der Waals surface area contributed by atoms with E-state index in [9.17, 15) is 14.5 Å². The number of aromatic nitrogens is 1. The third kappa shape index (κ3) is 2.03. The second kappa shape index (κ2) is 3.80. The van der Waals surface area contributed by atoms with E-state index < -0.39 is 10.7 Å². The zero-order chi connectivity index (χ0) is 10.8. The third-order valence-corrected chi connectivity index (χ3v) is 2.33. The van der Waals surface area contributed by atoms with Crippen molar-refractivity contribution in [3.05, 3.63) is 28.2 Å². The standard InChI is InChI=1S/C9H9FN2O3/c10-8-4-6(12(13)14)5-11-9(8)15-7-2-1-3-7/h4-5,7H,1-3H2. The molecule has 0 unspecified atom stereocenters. The summed E-state index contributed by atoms with van der Waals surface area (Å²) in [5, 5.41) is 10.3. The number of hydrogen-bond acceptors (Lipinski definition) is 4. The molecule has 1 fully saturated rings. The Balaban J connectivity index is 2.14. The SMILES string of the molecule is O=[N+]([O-])c1cnc(OC2CCC2)c(F)c1. The molecule has 0 aliphatic heterocycles. The highest BCUT2D eigenvalue weighted by atomic mass is 19.1. The largest absolute Gasteiger partial charge is 0.472 e. The first kappa shape index (κ1) is 9.82. The van der Waals surface area contributed by atoms with Gasteiger partial charge in [-0.15, -0.1) is 0 Å². The Labute approximate surface area is 85.0 Å². The fourth-order valence-electron chi connectivity index (χ4n) is 1.25. The van der Waals surface area contributed by atoms with Crippen molar-refractivity contribution in [3.8, 4) is 5.88 Å². The van der Waals surface area contributed by atoms with Gasteiger partial charge in [-0.2, -0.15) is 0 Å². The first-order valence-corrected chi connectivity index (χ1v) is 4.63. The molecule has 1 aromatic heterocycles. The summed E-state index contributed by atoms with van der Waals surface area (Å²) in [6, 6.07) is 0.820. The van der Waals surface area contributed by atoms with Gasteiger partial charge in [-0.25, -0.2) is 9.37 Å². The Kier molecular flexibility index (Phi) is 2.49. The Bertz CT molecular complexity index is 393. The summed E-state index contributed by atoms with van der Waals surface area (Å²) in [7, 11) is 0. The number of hydrogen-bond donors (Lipinski definition) is 0. The molecule has 0 bridgehead atoms. The van der Waals surface area contributed by atoms with Crippen molar-refractivity contribution in [2.45, 2.75) is 25.4 Å². The second-order valence-corrected chi connectivity index (χ2v) is 3.41. The molecule has 0 amide bonds. The Morgan fingerprint density at radius 3 is 2.80 bits per heavy atom. The van der Waals surface area contributed by atoms with Gasteiger partial charge in [-0.1, -0.05) is 0 Å². The maximum Gasteiger partial charge on any atom is 0.290 e. The Morgan fingerprint density at radius 1 is 1.60 bits per heavy atom. The van der Waals surface area contributed by atoms with E-state index in [4.69, 9.17) is 4.74 Å². The number of rotatable bonds is 3. The third-order valence-electron chi connectivity index (χ3n) is 2.33. The molecule has 80 valence electrons. The van der Waals surface area contributed by atoms with Crippen LogP contribution in [0.5, 0.6) is 5.88 Å². The lowest BCUT2D eigenvalue weighted by molar-refractivity contribution is -0.385. The van der Waals surface area contributed by atoms with E-state index in [1.807, 2.05) is 0 Å². The lowest BCUT2D eigenvalue weighted by Gasteiger charge is -2.25. The first-order valence-electron chi connectivity index (χ1n) is 4.63. The van der Waals surface area contributed by atoms with E-state index >= 15 is 0 Å². The van der Waals surface area contributed by atoms with Crippen LogP contribution in [-0.4, -0.2) is 16.0 Å². The first-order chi connectivity index (χ1) is 7.16. The fourth-order valence-corrected chi connectivity index (χ4v) is 1.25. The minimum atomic E-state index is -0.781. The van der Waals surface area contributed by atoms with Crippen LogP contribution in [0.2, 0.25) is 0 Å². The van der Waals surface area contributed by atoms with Crippen molar-refractivity contribution in [2.75, 3.05) is 0 Å². The molecule has 5 nitrogen and oxygen atoms in total. The quantitative estimate of drug-likeness (QED) is 0.568. The van der Waals surface area contributed by atoms with Gasteiger partial charge in [0.2, 0.25) is 0 Å². The van der Waals surface area contributed by atoms with Crippen LogP contribution in [0.1, 0.15) is 19.3 Å². The van der Waals surface area contributed by atoms with Crippen LogP contribution in [0, 0.1) is 15.9 Å². The number of ether oxygens (including phenoxy) is 1. The molecule has 2 rings (SSSR count). The average molecular weight is 212 g/mol. The molecule has 15 heavy (non-hydrogen) atoms. The summed E-state index contributed by atoms with van der Waals surface area (Å²) in [5.41, 5.74) is -0.367. The summed E-state index contributed by atoms with van der Waals surface area (Å²) in [4.78, 5) is 13.2. The maximum atomic E-state index is 13.2. The normalized spacial score (nSPS) is 15.8. The van der Waals surface area contributed by atoms with Crippen LogP contribution in [0.4, 0.5) is 10.1 Å². The summed E-state index contributed by atoms with van der Waals surface area (Å²) < 4.78 is 18.4. The molecule has 1 aliphatic rings. The van der Waals surface area contributed by atoms with Crippen LogP contribution in [0.3, 0.4) is 0 Å². The molecule has 1 saturated carbocycles. The zero-order valence-electron chi connectivity index (χ0n) is 7.85. The van der Waals surface area contributed by atoms with Crippen molar-refractivity contribution in [2.24, 2.45) is 0 Å². The molecule has 0 aromatic carbocycles. The highest BCUT2D eigenvalue weighted by molar-refractivity contribution is 5.30. The Morgan fingerprint density at radius 2 is 2.33 bits per heavy atom. The van der Waals surface area contributed by atoms with Gasteiger partial charge in [0.15, 0.2) is 5.82 Å². The summed E-state index contributed by atoms with van der Waals surface area (Å²) in [5.74, 6) is -0.929. The lowest BCUT2D eigenvalue weighted by atomic mass is 9.96. The van der Waals surface area contributed by atoms with Crippen LogP contribution in [0.15, 0.2) is 12.3 Å². The van der Waals surface area contributed by atoms with Gasteiger partial charge in [-0.3, -0.25) is 10.1 Å². The summed E-state index contributed by atoms with van der Waals surface area (Å²) in [6.45, 7) is 0. The highest BCUT2D eigenvalue weighted by Gasteiger charge is 2.22. The van der Waals surface area contributed by atoms with E-state index in [1.165, 1.54) is 0 Å². The van der Waals surface area contributed by atoms with Crippen LogP contribution in [-0.2, 0) is 0 Å². The van der Waals surface area contributed by atoms with Crippen molar-refractivity contribution < 1.29 is 14.1 Å². The van der Waals surface area contributed by atoms with Crippen molar-refractivity contribution in [1.29, 1.82) is 0 Å². The minimum Gasteiger partial charge on any atom is -0.472 e. The molecule has 1 aromatic rings. The molecule has 1 aliphatic carbocycles. The number of halogens is 1. The predicted molar refractivity (Wildman–Crippen MR) is 49.1 cm³/mol. The monoisotopic (exact) mass is 212 g/mol. The van der Waals surface area contributed by atoms with Gasteiger partial charge in [0, 0.05) is 0 Å². The van der Waals surface area contributed by atoms with E-state index in [2.05, 4.69) is 4.98 Å². The maximum absolute atomic E-state index is 13.2. The van der Waals surface area contributed by atoms with Crippen molar-refractivity contribution >= 4 is 5.69 Å². The van der Waals surface area contributed by atoms with Gasteiger partial charge in [0.05, 0.1) is 11.0 Å².